The molecule has 2 heterocycles. The van der Waals surface area contributed by atoms with Gasteiger partial charge in [-0.15, -0.1) is 12.6 Å². The highest BCUT2D eigenvalue weighted by molar-refractivity contribution is 7.80. The third-order valence-electron chi connectivity index (χ3n) is 2.25. The first kappa shape index (κ1) is 7.15. The van der Waals surface area contributed by atoms with E-state index >= 15 is 0 Å². The zero-order chi connectivity index (χ0) is 8.84. The number of aromatic nitrogens is 2. The highest BCUT2D eigenvalue weighted by atomic mass is 32.1. The summed E-state index contributed by atoms with van der Waals surface area (Å²) in [5.41, 5.74) is 4.38. The van der Waals surface area contributed by atoms with Gasteiger partial charge in [0.1, 0.15) is 0 Å². The molecule has 0 radical (unpaired) electrons. The van der Waals surface area contributed by atoms with Gasteiger partial charge in [-0.3, -0.25) is 4.99 Å². The van der Waals surface area contributed by atoms with E-state index in [2.05, 4.69) is 33.7 Å². The van der Waals surface area contributed by atoms with Gasteiger partial charge < -0.3 is 4.98 Å². The van der Waals surface area contributed by atoms with Crippen LogP contribution in [-0.4, -0.2) is 16.2 Å². The fraction of sp³-hybridized carbons (Fsp3) is 0.111. The van der Waals surface area contributed by atoms with Crippen molar-refractivity contribution in [1.82, 2.24) is 9.97 Å². The van der Waals surface area contributed by atoms with Gasteiger partial charge in [-0.25, -0.2) is 4.98 Å². The first-order valence-corrected chi connectivity index (χ1v) is 4.50. The first-order chi connectivity index (χ1) is 6.34. The van der Waals surface area contributed by atoms with E-state index in [1.54, 1.807) is 0 Å². The number of rotatable bonds is 0. The summed E-state index contributed by atoms with van der Waals surface area (Å²) in [4.78, 5) is 11.6. The molecule has 3 nitrogen and oxygen atoms in total. The Hall–Kier alpha value is -1.29. The molecular formula is C9H7N3S. The van der Waals surface area contributed by atoms with Crippen molar-refractivity contribution < 1.29 is 0 Å². The van der Waals surface area contributed by atoms with Crippen molar-refractivity contribution in [2.24, 2.45) is 4.99 Å². The summed E-state index contributed by atoms with van der Waals surface area (Å²) >= 11 is 4.17. The molecule has 4 heteroatoms. The Kier molecular flexibility index (Phi) is 1.29. The Morgan fingerprint density at radius 1 is 1.38 bits per heavy atom. The molecule has 0 unspecified atom stereocenters. The fourth-order valence-corrected chi connectivity index (χ4v) is 1.86. The Bertz CT molecular complexity index is 513. The number of benzene rings is 1. The smallest absolute Gasteiger partial charge is 0.163 e. The number of thiol groups is 1. The Morgan fingerprint density at radius 2 is 2.31 bits per heavy atom. The minimum absolute atomic E-state index is 0.656. The molecule has 1 aromatic carbocycles. The number of nitrogens with zero attached hydrogens (tertiary/aromatic N) is 2. The van der Waals surface area contributed by atoms with Gasteiger partial charge in [0.2, 0.25) is 0 Å². The summed E-state index contributed by atoms with van der Waals surface area (Å²) in [6.45, 7) is 0.778. The van der Waals surface area contributed by atoms with E-state index in [0.29, 0.717) is 5.16 Å². The van der Waals surface area contributed by atoms with Gasteiger partial charge in [0, 0.05) is 11.8 Å². The Labute approximate surface area is 80.3 Å². The predicted molar refractivity (Wildman–Crippen MR) is 54.6 cm³/mol. The largest absolute Gasteiger partial charge is 0.333 e. The van der Waals surface area contributed by atoms with Crippen LogP contribution in [0.1, 0.15) is 11.1 Å². The monoisotopic (exact) mass is 189 g/mol. The van der Waals surface area contributed by atoms with Crippen LogP contribution in [0, 0.1) is 0 Å². The van der Waals surface area contributed by atoms with E-state index in [1.807, 2.05) is 12.3 Å². The second kappa shape index (κ2) is 2.35. The number of H-pyrrole nitrogens is 1. The minimum Gasteiger partial charge on any atom is -0.333 e. The van der Waals surface area contributed by atoms with Crippen LogP contribution in [0.15, 0.2) is 22.3 Å². The summed E-state index contributed by atoms with van der Waals surface area (Å²) in [5, 5.41) is 0.656. The molecule has 1 aliphatic rings. The van der Waals surface area contributed by atoms with Gasteiger partial charge in [-0.05, 0) is 11.6 Å². The summed E-state index contributed by atoms with van der Waals surface area (Å²) in [6, 6.07) is 4.10. The third-order valence-corrected chi connectivity index (χ3v) is 2.47. The van der Waals surface area contributed by atoms with Crippen molar-refractivity contribution in [2.75, 3.05) is 0 Å². The molecule has 0 saturated heterocycles. The van der Waals surface area contributed by atoms with E-state index in [4.69, 9.17) is 0 Å². The maximum absolute atomic E-state index is 4.30. The molecule has 0 atom stereocenters. The normalized spacial score (nSPS) is 13.9. The molecule has 3 rings (SSSR count). The van der Waals surface area contributed by atoms with Gasteiger partial charge in [0.05, 0.1) is 17.6 Å². The van der Waals surface area contributed by atoms with Crippen LogP contribution in [0.3, 0.4) is 0 Å². The molecular weight excluding hydrogens is 182 g/mol. The predicted octanol–water partition coefficient (Wildman–Crippen LogP) is 1.78. The van der Waals surface area contributed by atoms with Crippen molar-refractivity contribution in [3.63, 3.8) is 0 Å². The lowest BCUT2D eigenvalue weighted by molar-refractivity contribution is 1.09. The average molecular weight is 189 g/mol. The maximum atomic E-state index is 4.30. The highest BCUT2D eigenvalue weighted by Gasteiger charge is 2.12. The van der Waals surface area contributed by atoms with Gasteiger partial charge in [-0.1, -0.05) is 6.07 Å². The van der Waals surface area contributed by atoms with Gasteiger partial charge in [-0.2, -0.15) is 0 Å². The van der Waals surface area contributed by atoms with E-state index in [-0.39, 0.29) is 0 Å². The topological polar surface area (TPSA) is 41.0 Å². The van der Waals surface area contributed by atoms with Crippen LogP contribution in [0.2, 0.25) is 0 Å². The van der Waals surface area contributed by atoms with E-state index in [1.165, 1.54) is 5.56 Å². The van der Waals surface area contributed by atoms with Crippen LogP contribution in [0.25, 0.3) is 11.0 Å². The van der Waals surface area contributed by atoms with Gasteiger partial charge in [0.15, 0.2) is 5.16 Å². The molecule has 1 aliphatic heterocycles. The summed E-state index contributed by atoms with van der Waals surface area (Å²) in [5.74, 6) is 0. The number of nitrogens with one attached hydrogen (secondary N) is 1. The Balaban J connectivity index is 2.48. The molecule has 0 aliphatic carbocycles. The van der Waals surface area contributed by atoms with Crippen molar-refractivity contribution in [2.45, 2.75) is 11.7 Å². The first-order valence-electron chi connectivity index (χ1n) is 4.05. The van der Waals surface area contributed by atoms with Crippen molar-refractivity contribution in [3.05, 3.63) is 23.3 Å². The SMILES string of the molecule is Sc1nc2c3c(ccc2[nH]1)CN=C3. The number of fused-ring (bicyclic) bond motifs is 3. The fourth-order valence-electron chi connectivity index (χ4n) is 1.64. The number of hydrogen-bond donors (Lipinski definition) is 2. The van der Waals surface area contributed by atoms with Gasteiger partial charge in [0.25, 0.3) is 0 Å². The van der Waals surface area contributed by atoms with Gasteiger partial charge >= 0.3 is 0 Å². The molecule has 2 aromatic rings. The lowest BCUT2D eigenvalue weighted by atomic mass is 10.1. The summed E-state index contributed by atoms with van der Waals surface area (Å²) < 4.78 is 0. The van der Waals surface area contributed by atoms with Crippen LogP contribution in [-0.2, 0) is 6.54 Å². The lowest BCUT2D eigenvalue weighted by Gasteiger charge is -1.95. The molecule has 0 saturated carbocycles. The maximum Gasteiger partial charge on any atom is 0.163 e. The number of aliphatic imine (C=N–C) groups is 1. The molecule has 13 heavy (non-hydrogen) atoms. The standard InChI is InChI=1S/C9H7N3S/c13-9-11-7-2-1-5-3-10-4-6(5)8(7)12-9/h1-2,4H,3H2,(H2,11,12,13). The van der Waals surface area contributed by atoms with Crippen molar-refractivity contribution >= 4 is 29.9 Å². The lowest BCUT2D eigenvalue weighted by Crippen LogP contribution is -1.85. The van der Waals surface area contributed by atoms with E-state index in [0.717, 1.165) is 23.1 Å². The van der Waals surface area contributed by atoms with Crippen LogP contribution < -0.4 is 0 Å². The van der Waals surface area contributed by atoms with Crippen LogP contribution >= 0.6 is 12.6 Å². The summed E-state index contributed by atoms with van der Waals surface area (Å²) in [6.07, 6.45) is 1.88. The molecule has 1 aromatic heterocycles. The highest BCUT2D eigenvalue weighted by Crippen LogP contribution is 2.23. The molecule has 64 valence electrons. The zero-order valence-electron chi connectivity index (χ0n) is 6.78. The number of aromatic amines is 1. The molecule has 0 fully saturated rings. The summed E-state index contributed by atoms with van der Waals surface area (Å²) in [7, 11) is 0. The average Bonchev–Trinajstić information content (AvgIpc) is 2.65. The molecule has 0 amide bonds. The van der Waals surface area contributed by atoms with Crippen molar-refractivity contribution in [3.8, 4) is 0 Å². The van der Waals surface area contributed by atoms with E-state index < -0.39 is 0 Å². The molecule has 1 N–H and O–H groups in total. The van der Waals surface area contributed by atoms with Crippen molar-refractivity contribution in [1.29, 1.82) is 0 Å². The molecule has 0 spiro atoms. The molecule has 0 bridgehead atoms. The zero-order valence-corrected chi connectivity index (χ0v) is 7.68. The van der Waals surface area contributed by atoms with Crippen LogP contribution in [0.5, 0.6) is 0 Å². The number of imidazole rings is 1. The Morgan fingerprint density at radius 3 is 3.23 bits per heavy atom. The third kappa shape index (κ3) is 0.920. The second-order valence-corrected chi connectivity index (χ2v) is 3.49. The minimum atomic E-state index is 0.656. The van der Waals surface area contributed by atoms with E-state index in [9.17, 15) is 0 Å². The van der Waals surface area contributed by atoms with Crippen LogP contribution in [0.4, 0.5) is 0 Å². The number of hydrogen-bond acceptors (Lipinski definition) is 3. The quantitative estimate of drug-likeness (QED) is 0.609. The second-order valence-electron chi connectivity index (χ2n) is 3.06.